The minimum atomic E-state index is -0.993. The van der Waals surface area contributed by atoms with Gasteiger partial charge in [-0.15, -0.1) is 0 Å². The topological polar surface area (TPSA) is 152 Å². The molecule has 2 N–H and O–H groups in total. The fourth-order valence-electron chi connectivity index (χ4n) is 10.3. The van der Waals surface area contributed by atoms with E-state index in [1.165, 1.54) is 6.07 Å². The average Bonchev–Trinajstić information content (AvgIpc) is 3.49. The second-order valence-corrected chi connectivity index (χ2v) is 18.4. The summed E-state index contributed by atoms with van der Waals surface area (Å²) in [5.74, 6) is 4.03. The first-order chi connectivity index (χ1) is 29.1. The maximum absolute atomic E-state index is 15.4. The smallest absolute Gasteiger partial charge is 0.262 e. The number of carbonyl (C=O) groups excluding carboxylic acids is 5. The summed E-state index contributed by atoms with van der Waals surface area (Å²) < 4.78 is 21.7. The molecule has 1 unspecified atom stereocenters. The number of fused-ring (bicyclic) bond motifs is 1. The summed E-state index contributed by atoms with van der Waals surface area (Å²) in [5.41, 5.74) is 1.33. The number of benzene rings is 3. The monoisotopic (exact) mass is 846 g/mol. The Morgan fingerprint density at radius 2 is 1.56 bits per heavy atom. The van der Waals surface area contributed by atoms with Gasteiger partial charge in [-0.1, -0.05) is 51.1 Å². The third-order valence-electron chi connectivity index (χ3n) is 13.4. The van der Waals surface area contributed by atoms with E-state index >= 15 is 4.39 Å². The normalized spacial score (nSPS) is 23.9. The zero-order valence-electron chi connectivity index (χ0n) is 34.6. The SMILES string of the molecule is CC1(C)[C@H](NC(=O)c2ccc(C#CC3CCN(C4CCN(c5ccc6c(c5)C(=O)N(C5CCC(=O)NC5=O)C6=O)CC4)CC3)c(F)c2)C(C)(C)[C@H]1Oc1ccc(C#N)c(Cl)c1. The van der Waals surface area contributed by atoms with Crippen molar-refractivity contribution in [2.24, 2.45) is 16.7 Å². The van der Waals surface area contributed by atoms with Gasteiger partial charge in [0.1, 0.15) is 29.8 Å². The van der Waals surface area contributed by atoms with Crippen LogP contribution in [0.5, 0.6) is 5.75 Å². The molecule has 0 bridgehead atoms. The van der Waals surface area contributed by atoms with E-state index in [-0.39, 0.29) is 59.1 Å². The quantitative estimate of drug-likeness (QED) is 0.213. The molecule has 3 aromatic rings. The lowest BCUT2D eigenvalue weighted by atomic mass is 9.49. The predicted molar refractivity (Wildman–Crippen MR) is 225 cm³/mol. The van der Waals surface area contributed by atoms with Crippen molar-refractivity contribution in [3.05, 3.63) is 93.3 Å². The van der Waals surface area contributed by atoms with Gasteiger partial charge < -0.3 is 19.9 Å². The molecule has 14 heteroatoms. The molecule has 1 aliphatic carbocycles. The third-order valence-corrected chi connectivity index (χ3v) is 13.7. The highest BCUT2D eigenvalue weighted by atomic mass is 35.5. The number of carbonyl (C=O) groups is 5. The molecule has 12 nitrogen and oxygen atoms in total. The number of ether oxygens (including phenoxy) is 1. The molecular weight excluding hydrogens is 799 g/mol. The number of amides is 5. The lowest BCUT2D eigenvalue weighted by Crippen LogP contribution is -2.74. The Kier molecular flexibility index (Phi) is 11.2. The van der Waals surface area contributed by atoms with Crippen LogP contribution in [0, 0.1) is 45.7 Å². The molecule has 5 amide bonds. The maximum Gasteiger partial charge on any atom is 0.262 e. The minimum absolute atomic E-state index is 0.0755. The van der Waals surface area contributed by atoms with Gasteiger partial charge >= 0.3 is 0 Å². The molecule has 3 saturated heterocycles. The van der Waals surface area contributed by atoms with E-state index in [1.807, 2.05) is 39.8 Å². The van der Waals surface area contributed by atoms with E-state index in [0.29, 0.717) is 22.4 Å². The van der Waals surface area contributed by atoms with Crippen LogP contribution in [0.15, 0.2) is 54.6 Å². The molecule has 1 atom stereocenters. The first kappa shape index (κ1) is 42.0. The van der Waals surface area contributed by atoms with Crippen molar-refractivity contribution in [2.45, 2.75) is 90.4 Å². The summed E-state index contributed by atoms with van der Waals surface area (Å²) in [6, 6.07) is 15.8. The van der Waals surface area contributed by atoms with Gasteiger partial charge in [0, 0.05) is 65.7 Å². The van der Waals surface area contributed by atoms with Gasteiger partial charge in [-0.05, 0) is 93.7 Å². The molecule has 3 aromatic carbocycles. The summed E-state index contributed by atoms with van der Waals surface area (Å²) in [7, 11) is 0. The lowest BCUT2D eigenvalue weighted by molar-refractivity contribution is -0.164. The number of likely N-dealkylation sites (tertiary alicyclic amines) is 1. The van der Waals surface area contributed by atoms with E-state index in [9.17, 15) is 29.2 Å². The van der Waals surface area contributed by atoms with Crippen molar-refractivity contribution in [1.29, 1.82) is 5.26 Å². The number of imide groups is 2. The predicted octanol–water partition coefficient (Wildman–Crippen LogP) is 6.10. The number of hydrogen-bond donors (Lipinski definition) is 2. The van der Waals surface area contributed by atoms with Crippen LogP contribution in [0.25, 0.3) is 0 Å². The van der Waals surface area contributed by atoms with Gasteiger partial charge in [0.15, 0.2) is 0 Å². The molecule has 0 aromatic heterocycles. The molecule has 4 aliphatic heterocycles. The Bertz CT molecular complexity index is 2420. The van der Waals surface area contributed by atoms with E-state index in [2.05, 4.69) is 32.3 Å². The van der Waals surface area contributed by atoms with Crippen LogP contribution in [-0.2, 0) is 9.59 Å². The van der Waals surface area contributed by atoms with E-state index in [0.717, 1.165) is 62.4 Å². The highest BCUT2D eigenvalue weighted by Gasteiger charge is 2.64. The summed E-state index contributed by atoms with van der Waals surface area (Å²) in [5, 5.41) is 14.9. The lowest BCUT2D eigenvalue weighted by Gasteiger charge is -2.63. The molecular formula is C47H48ClFN6O6. The molecule has 61 heavy (non-hydrogen) atoms. The van der Waals surface area contributed by atoms with Gasteiger partial charge in [0.25, 0.3) is 17.7 Å². The number of nitrogens with one attached hydrogen (secondary N) is 2. The van der Waals surface area contributed by atoms with Gasteiger partial charge in [-0.2, -0.15) is 5.26 Å². The van der Waals surface area contributed by atoms with E-state index in [1.54, 1.807) is 42.5 Å². The molecule has 4 heterocycles. The number of halogens is 2. The summed E-state index contributed by atoms with van der Waals surface area (Å²) in [6.07, 6.45) is 3.54. The average molecular weight is 847 g/mol. The number of rotatable bonds is 7. The van der Waals surface area contributed by atoms with Crippen molar-refractivity contribution in [3.8, 4) is 23.7 Å². The number of nitriles is 1. The minimum Gasteiger partial charge on any atom is -0.489 e. The number of hydrogen-bond acceptors (Lipinski definition) is 9. The Hall–Kier alpha value is -5.76. The van der Waals surface area contributed by atoms with Gasteiger partial charge in [-0.25, -0.2) is 4.39 Å². The Morgan fingerprint density at radius 3 is 2.21 bits per heavy atom. The van der Waals surface area contributed by atoms with Crippen LogP contribution in [0.3, 0.4) is 0 Å². The highest BCUT2D eigenvalue weighted by molar-refractivity contribution is 6.31. The van der Waals surface area contributed by atoms with Crippen molar-refractivity contribution >= 4 is 46.8 Å². The molecule has 316 valence electrons. The van der Waals surface area contributed by atoms with Crippen LogP contribution < -0.4 is 20.3 Å². The fraction of sp³-hybridized carbons (Fsp3) is 0.447. The van der Waals surface area contributed by atoms with Crippen LogP contribution >= 0.6 is 11.6 Å². The number of piperidine rings is 3. The van der Waals surface area contributed by atoms with E-state index < -0.39 is 46.3 Å². The Labute approximate surface area is 359 Å². The van der Waals surface area contributed by atoms with Crippen LogP contribution in [0.2, 0.25) is 5.02 Å². The molecule has 0 radical (unpaired) electrons. The van der Waals surface area contributed by atoms with Crippen LogP contribution in [0.4, 0.5) is 10.1 Å². The van der Waals surface area contributed by atoms with Gasteiger partial charge in [-0.3, -0.25) is 34.2 Å². The first-order valence-corrected chi connectivity index (χ1v) is 21.3. The highest BCUT2D eigenvalue weighted by Crippen LogP contribution is 2.55. The maximum atomic E-state index is 15.4. The zero-order chi connectivity index (χ0) is 43.4. The second-order valence-electron chi connectivity index (χ2n) is 18.0. The number of anilines is 1. The molecule has 4 fully saturated rings. The van der Waals surface area contributed by atoms with Crippen molar-refractivity contribution in [1.82, 2.24) is 20.4 Å². The third kappa shape index (κ3) is 7.86. The number of nitrogens with zero attached hydrogens (tertiary/aromatic N) is 4. The standard InChI is InChI=1S/C47H48ClFN6O6/c1-46(2)44(47(3,4)45(46)61-33-11-9-30(26-50)36(48)25-33)52-40(57)29-8-7-28(37(49)23-29)6-5-27-15-19-53(20-16-27)31-17-21-54(22-18-31)32-10-12-34-35(24-32)43(60)55(42(34)59)38-13-14-39(56)51-41(38)58/h7-12,23-25,27,31,38,44-45H,13-22H2,1-4H3,(H,52,57)(H,51,56,58)/t38?,44-,45-. The molecule has 8 rings (SSSR count). The second kappa shape index (κ2) is 16.3. The Morgan fingerprint density at radius 1 is 0.869 bits per heavy atom. The van der Waals surface area contributed by atoms with Crippen molar-refractivity contribution < 1.29 is 33.1 Å². The Balaban J connectivity index is 0.809. The van der Waals surface area contributed by atoms with Crippen LogP contribution in [0.1, 0.15) is 108 Å². The summed E-state index contributed by atoms with van der Waals surface area (Å²) in [6.45, 7) is 11.4. The van der Waals surface area contributed by atoms with Crippen LogP contribution in [-0.4, -0.2) is 89.7 Å². The molecule has 1 saturated carbocycles. The van der Waals surface area contributed by atoms with Gasteiger partial charge in [0.2, 0.25) is 11.8 Å². The first-order valence-electron chi connectivity index (χ1n) is 20.9. The molecule has 5 aliphatic rings. The molecule has 0 spiro atoms. The summed E-state index contributed by atoms with van der Waals surface area (Å²) in [4.78, 5) is 69.7. The van der Waals surface area contributed by atoms with Gasteiger partial charge in [0.05, 0.1) is 27.3 Å². The largest absolute Gasteiger partial charge is 0.489 e. The van der Waals surface area contributed by atoms with Crippen molar-refractivity contribution in [3.63, 3.8) is 0 Å². The van der Waals surface area contributed by atoms with Crippen molar-refractivity contribution in [2.75, 3.05) is 31.1 Å². The fourth-order valence-corrected chi connectivity index (χ4v) is 10.5. The zero-order valence-corrected chi connectivity index (χ0v) is 35.4. The summed E-state index contributed by atoms with van der Waals surface area (Å²) >= 11 is 6.23. The van der Waals surface area contributed by atoms with E-state index in [4.69, 9.17) is 16.3 Å².